The summed E-state index contributed by atoms with van der Waals surface area (Å²) in [5.74, 6) is -3.93. The molecule has 1 saturated carbocycles. The first kappa shape index (κ1) is 28.0. The van der Waals surface area contributed by atoms with Crippen LogP contribution in [0.4, 0.5) is 17.6 Å². The maximum atomic E-state index is 14.5. The zero-order valence-corrected chi connectivity index (χ0v) is 20.0. The van der Waals surface area contributed by atoms with Gasteiger partial charge in [0.15, 0.2) is 11.6 Å². The Labute approximate surface area is 213 Å². The van der Waals surface area contributed by atoms with Gasteiger partial charge in [-0.2, -0.15) is 0 Å². The zero-order valence-electron chi connectivity index (χ0n) is 19.2. The number of halogens is 5. The molecule has 0 atom stereocenters. The van der Waals surface area contributed by atoms with E-state index in [0.29, 0.717) is 25.7 Å². The van der Waals surface area contributed by atoms with Crippen molar-refractivity contribution in [3.05, 3.63) is 58.4 Å². The van der Waals surface area contributed by atoms with Gasteiger partial charge in [0.1, 0.15) is 5.75 Å². The Hall–Kier alpha value is -3.54. The van der Waals surface area contributed by atoms with E-state index in [1.54, 1.807) is 0 Å². The van der Waals surface area contributed by atoms with Gasteiger partial charge in [-0.25, -0.2) is 4.39 Å². The Morgan fingerprint density at radius 2 is 1.46 bits per heavy atom. The van der Waals surface area contributed by atoms with E-state index in [2.05, 4.69) is 15.4 Å². The van der Waals surface area contributed by atoms with Crippen molar-refractivity contribution in [2.45, 2.75) is 38.1 Å². The van der Waals surface area contributed by atoms with Crippen molar-refractivity contribution in [3.63, 3.8) is 0 Å². The first-order valence-corrected chi connectivity index (χ1v) is 11.6. The van der Waals surface area contributed by atoms with Crippen molar-refractivity contribution < 1.29 is 46.5 Å². The van der Waals surface area contributed by atoms with Gasteiger partial charge >= 0.3 is 12.3 Å². The number of carbonyl (C=O) groups is 3. The molecule has 1 fully saturated rings. The quantitative estimate of drug-likeness (QED) is 0.314. The average Bonchev–Trinajstić information content (AvgIpc) is 2.83. The minimum Gasteiger partial charge on any atom is -0.487 e. The van der Waals surface area contributed by atoms with Crippen molar-refractivity contribution in [2.24, 2.45) is 5.92 Å². The Morgan fingerprint density at radius 3 is 1.95 bits per heavy atom. The van der Waals surface area contributed by atoms with Crippen LogP contribution in [0.3, 0.4) is 0 Å². The van der Waals surface area contributed by atoms with Crippen LogP contribution in [-0.4, -0.2) is 48.4 Å². The second kappa shape index (κ2) is 12.1. The second-order valence-electron chi connectivity index (χ2n) is 8.28. The first-order chi connectivity index (χ1) is 17.4. The Kier molecular flexibility index (Phi) is 9.19. The first-order valence-electron chi connectivity index (χ1n) is 11.2. The summed E-state index contributed by atoms with van der Waals surface area (Å²) in [7, 11) is 0. The molecule has 0 saturated heterocycles. The number of hydrogen-bond acceptors (Lipinski definition) is 5. The monoisotopic (exact) mass is 546 g/mol. The number of rotatable bonds is 9. The lowest BCUT2D eigenvalue weighted by Gasteiger charge is -2.27. The van der Waals surface area contributed by atoms with Crippen molar-refractivity contribution in [3.8, 4) is 11.5 Å². The molecule has 0 heterocycles. The molecule has 8 nitrogen and oxygen atoms in total. The van der Waals surface area contributed by atoms with Crippen LogP contribution in [0.2, 0.25) is 5.02 Å². The summed E-state index contributed by atoms with van der Waals surface area (Å²) in [6.07, 6.45) is -3.36. The lowest BCUT2D eigenvalue weighted by Crippen LogP contribution is -2.34. The number of hydrogen-bond donors (Lipinski definition) is 3. The molecule has 2 aromatic carbocycles. The van der Waals surface area contributed by atoms with Crippen LogP contribution < -0.4 is 20.1 Å². The van der Waals surface area contributed by atoms with Crippen LogP contribution in [0.1, 0.15) is 46.4 Å². The van der Waals surface area contributed by atoms with Crippen LogP contribution in [0.25, 0.3) is 0 Å². The molecule has 200 valence electrons. The topological polar surface area (TPSA) is 114 Å². The largest absolute Gasteiger partial charge is 0.573 e. The summed E-state index contributed by atoms with van der Waals surface area (Å²) in [5, 5.41) is 13.6. The molecule has 0 unspecified atom stereocenters. The normalized spacial score (nSPS) is 17.5. The van der Waals surface area contributed by atoms with E-state index in [-0.39, 0.29) is 36.1 Å². The number of alkyl halides is 3. The molecule has 13 heteroatoms. The van der Waals surface area contributed by atoms with Gasteiger partial charge in [-0.05, 0) is 62.1 Å². The van der Waals surface area contributed by atoms with Gasteiger partial charge in [0.2, 0.25) is 0 Å². The second-order valence-corrected chi connectivity index (χ2v) is 8.69. The number of amides is 2. The van der Waals surface area contributed by atoms with E-state index in [1.807, 2.05) is 0 Å². The summed E-state index contributed by atoms with van der Waals surface area (Å²) in [5.41, 5.74) is 0.0118. The van der Waals surface area contributed by atoms with Crippen LogP contribution in [0.15, 0.2) is 36.4 Å². The molecule has 0 aliphatic heterocycles. The Bertz CT molecular complexity index is 1150. The molecule has 0 bridgehead atoms. The third-order valence-electron chi connectivity index (χ3n) is 5.63. The predicted molar refractivity (Wildman–Crippen MR) is 123 cm³/mol. The maximum Gasteiger partial charge on any atom is 0.573 e. The van der Waals surface area contributed by atoms with Crippen molar-refractivity contribution >= 4 is 29.4 Å². The van der Waals surface area contributed by atoms with Crippen LogP contribution in [0.5, 0.6) is 11.5 Å². The van der Waals surface area contributed by atoms with Crippen molar-refractivity contribution in [1.82, 2.24) is 10.6 Å². The number of aliphatic carboxylic acids is 1. The van der Waals surface area contributed by atoms with Gasteiger partial charge in [-0.1, -0.05) is 11.6 Å². The Balaban J connectivity index is 1.44. The minimum atomic E-state index is -4.93. The molecule has 2 aromatic rings. The molecule has 3 rings (SSSR count). The van der Waals surface area contributed by atoms with Gasteiger partial charge in [0, 0.05) is 24.2 Å². The average molecular weight is 547 g/mol. The molecule has 0 spiro atoms. The molecular formula is C24H23ClF4N2O6. The van der Waals surface area contributed by atoms with Crippen LogP contribution in [0, 0.1) is 11.7 Å². The summed E-state index contributed by atoms with van der Waals surface area (Å²) in [6, 6.07) is 6.74. The van der Waals surface area contributed by atoms with E-state index >= 15 is 0 Å². The van der Waals surface area contributed by atoms with Crippen LogP contribution in [-0.2, 0) is 4.79 Å². The fourth-order valence-corrected chi connectivity index (χ4v) is 3.97. The number of carboxylic acid groups (broad SMARTS) is 1. The fraction of sp³-hybridized carbons (Fsp3) is 0.375. The number of ether oxygens (including phenoxy) is 2. The fourth-order valence-electron chi connectivity index (χ4n) is 3.75. The third-order valence-corrected chi connectivity index (χ3v) is 5.92. The Morgan fingerprint density at radius 1 is 0.919 bits per heavy atom. The summed E-state index contributed by atoms with van der Waals surface area (Å²) in [4.78, 5) is 35.5. The molecular weight excluding hydrogens is 524 g/mol. The maximum absolute atomic E-state index is 14.5. The number of nitrogens with one attached hydrogen (secondary N) is 2. The lowest BCUT2D eigenvalue weighted by molar-refractivity contribution is -0.274. The molecule has 1 aliphatic rings. The zero-order chi connectivity index (χ0) is 27.2. The SMILES string of the molecule is O=C(NCCNC(=O)c1ccc(OC(F)(F)F)c(Cl)c1)c1ccc(OC2CCC(C(=O)O)CC2)c(F)c1. The molecule has 0 radical (unpaired) electrons. The lowest BCUT2D eigenvalue weighted by atomic mass is 9.87. The number of carbonyl (C=O) groups excluding carboxylic acids is 2. The van der Waals surface area contributed by atoms with E-state index < -0.39 is 46.7 Å². The summed E-state index contributed by atoms with van der Waals surface area (Å²) < 4.78 is 60.8. The summed E-state index contributed by atoms with van der Waals surface area (Å²) in [6.45, 7) is -0.0358. The van der Waals surface area contributed by atoms with E-state index in [0.717, 1.165) is 24.3 Å². The number of carboxylic acids is 1. The number of benzene rings is 2. The van der Waals surface area contributed by atoms with Gasteiger partial charge < -0.3 is 25.2 Å². The van der Waals surface area contributed by atoms with Crippen molar-refractivity contribution in [2.75, 3.05) is 13.1 Å². The van der Waals surface area contributed by atoms with Gasteiger partial charge in [-0.15, -0.1) is 13.2 Å². The molecule has 2 amide bonds. The predicted octanol–water partition coefficient (Wildman–Crippen LogP) is 4.56. The van der Waals surface area contributed by atoms with Crippen molar-refractivity contribution in [1.29, 1.82) is 0 Å². The smallest absolute Gasteiger partial charge is 0.487 e. The van der Waals surface area contributed by atoms with E-state index in [1.165, 1.54) is 12.1 Å². The molecule has 1 aliphatic carbocycles. The molecule has 0 aromatic heterocycles. The summed E-state index contributed by atoms with van der Waals surface area (Å²) >= 11 is 5.72. The highest BCUT2D eigenvalue weighted by Gasteiger charge is 2.32. The highest BCUT2D eigenvalue weighted by atomic mass is 35.5. The highest BCUT2D eigenvalue weighted by Crippen LogP contribution is 2.31. The highest BCUT2D eigenvalue weighted by molar-refractivity contribution is 6.32. The van der Waals surface area contributed by atoms with Gasteiger partial charge in [0.05, 0.1) is 17.0 Å². The van der Waals surface area contributed by atoms with E-state index in [9.17, 15) is 31.9 Å². The van der Waals surface area contributed by atoms with E-state index in [4.69, 9.17) is 21.4 Å². The van der Waals surface area contributed by atoms with Gasteiger partial charge in [-0.3, -0.25) is 14.4 Å². The molecule has 37 heavy (non-hydrogen) atoms. The minimum absolute atomic E-state index is 0.0136. The molecule has 3 N–H and O–H groups in total. The van der Waals surface area contributed by atoms with Crippen LogP contribution >= 0.6 is 11.6 Å². The van der Waals surface area contributed by atoms with Gasteiger partial charge in [0.25, 0.3) is 11.8 Å². The third kappa shape index (κ3) is 8.24. The standard InChI is InChI=1S/C24H23ClF4N2O6/c25-17-11-14(3-7-19(17)37-24(27,28)29)21(32)30-9-10-31-22(33)15-4-8-20(18(26)12-15)36-16-5-1-13(2-6-16)23(34)35/h3-4,7-8,11-13,16H,1-2,5-6,9-10H2,(H,30,32)(H,31,33)(H,34,35).